The van der Waals surface area contributed by atoms with Gasteiger partial charge in [0.2, 0.25) is 17.7 Å². The summed E-state index contributed by atoms with van der Waals surface area (Å²) in [4.78, 5) is 57.2. The molecule has 57 heavy (non-hydrogen) atoms. The highest BCUT2D eigenvalue weighted by molar-refractivity contribution is 7.98. The standard InChI is InChI=1S/C38H40ClN9O8S/c1-21(42)35(51)45-13-11-31(49)54-19-28(56-32(50)12-14-46-36(52)22(2)43)18-53-27-9-5-23(6-10-27)33-29(15-40)34(44)48-38(30(33)16-41)57-20-26-17-55-37(47-26)24-3-7-25(39)8-4-24/h3-10,17,21-22,28H,11-14,18-20,42-43H2,1-2H3,(H2,44,48)(H,45,51)(H,46,52)/t21-,22-,28-/m0/s1. The summed E-state index contributed by atoms with van der Waals surface area (Å²) >= 11 is 7.18. The van der Waals surface area contributed by atoms with E-state index in [1.807, 2.05) is 6.07 Å². The van der Waals surface area contributed by atoms with Crippen LogP contribution in [-0.2, 0) is 34.4 Å². The molecule has 0 aliphatic rings. The van der Waals surface area contributed by atoms with Crippen molar-refractivity contribution >= 4 is 52.9 Å². The summed E-state index contributed by atoms with van der Waals surface area (Å²) in [5.41, 5.74) is 19.5. The van der Waals surface area contributed by atoms with Crippen LogP contribution in [0, 0.1) is 22.7 Å². The topological polar surface area (TPSA) is 285 Å². The van der Waals surface area contributed by atoms with Gasteiger partial charge in [0.25, 0.3) is 0 Å². The van der Waals surface area contributed by atoms with Gasteiger partial charge >= 0.3 is 11.9 Å². The average molecular weight is 818 g/mol. The average Bonchev–Trinajstić information content (AvgIpc) is 3.67. The van der Waals surface area contributed by atoms with E-state index in [-0.39, 0.29) is 72.4 Å². The molecule has 3 atom stereocenters. The number of thioether (sulfide) groups is 1. The molecule has 0 saturated carbocycles. The fourth-order valence-electron chi connectivity index (χ4n) is 4.86. The quantitative estimate of drug-likeness (QED) is 0.0671. The molecular formula is C38H40ClN9O8S. The van der Waals surface area contributed by atoms with Crippen LogP contribution in [0.1, 0.15) is 43.5 Å². The Balaban J connectivity index is 1.45. The van der Waals surface area contributed by atoms with E-state index in [1.165, 1.54) is 31.9 Å². The second-order valence-corrected chi connectivity index (χ2v) is 13.8. The van der Waals surface area contributed by atoms with Crippen molar-refractivity contribution in [3.8, 4) is 40.5 Å². The zero-order chi connectivity index (χ0) is 41.5. The Morgan fingerprint density at radius 2 is 1.46 bits per heavy atom. The van der Waals surface area contributed by atoms with Gasteiger partial charge in [-0.1, -0.05) is 35.5 Å². The lowest BCUT2D eigenvalue weighted by atomic mass is 9.97. The molecule has 0 radical (unpaired) electrons. The minimum atomic E-state index is -1.06. The predicted octanol–water partition coefficient (Wildman–Crippen LogP) is 3.22. The van der Waals surface area contributed by atoms with Crippen LogP contribution in [0.25, 0.3) is 22.6 Å². The SMILES string of the molecule is C[C@H](N)C(=O)NCCC(=O)OC[C@H](COc1ccc(-c2c(C#N)c(N)nc(SCc3coc(-c4ccc(Cl)cc4)n3)c2C#N)cc1)OC(=O)CCNC(=O)[C@H](C)N. The number of aromatic nitrogens is 2. The number of nitrogen functional groups attached to an aromatic ring is 1. The first-order chi connectivity index (χ1) is 27.3. The number of esters is 2. The van der Waals surface area contributed by atoms with Gasteiger partial charge in [-0.25, -0.2) is 9.97 Å². The Morgan fingerprint density at radius 1 is 0.860 bits per heavy atom. The lowest BCUT2D eigenvalue weighted by molar-refractivity contribution is -0.160. The maximum atomic E-state index is 12.6. The lowest BCUT2D eigenvalue weighted by Crippen LogP contribution is -2.40. The smallest absolute Gasteiger partial charge is 0.308 e. The van der Waals surface area contributed by atoms with Crippen molar-refractivity contribution in [2.45, 2.75) is 55.7 Å². The molecule has 2 aromatic heterocycles. The van der Waals surface area contributed by atoms with Crippen LogP contribution < -0.4 is 32.6 Å². The van der Waals surface area contributed by atoms with Gasteiger partial charge in [0.05, 0.1) is 36.2 Å². The van der Waals surface area contributed by atoms with Crippen molar-refractivity contribution in [2.24, 2.45) is 11.5 Å². The summed E-state index contributed by atoms with van der Waals surface area (Å²) in [5, 5.41) is 26.1. The number of hydrogen-bond acceptors (Lipinski definition) is 16. The van der Waals surface area contributed by atoms with E-state index in [2.05, 4.69) is 26.7 Å². The van der Waals surface area contributed by atoms with Crippen LogP contribution in [-0.4, -0.2) is 78.2 Å². The minimum Gasteiger partial charge on any atom is -0.490 e. The molecule has 4 aromatic rings. The molecule has 298 valence electrons. The second-order valence-electron chi connectivity index (χ2n) is 12.4. The number of oxazole rings is 1. The molecule has 4 rings (SSSR count). The first-order valence-corrected chi connectivity index (χ1v) is 18.8. The van der Waals surface area contributed by atoms with Crippen molar-refractivity contribution < 1.29 is 37.8 Å². The molecule has 0 fully saturated rings. The Labute approximate surface area is 337 Å². The third-order valence-corrected chi connectivity index (χ3v) is 9.07. The molecular weight excluding hydrogens is 778 g/mol. The largest absolute Gasteiger partial charge is 0.490 e. The third kappa shape index (κ3) is 12.9. The van der Waals surface area contributed by atoms with Gasteiger partial charge in [0.1, 0.15) is 53.8 Å². The Hall–Kier alpha value is -6.18. The first-order valence-electron chi connectivity index (χ1n) is 17.4. The molecule has 0 aliphatic heterocycles. The summed E-state index contributed by atoms with van der Waals surface area (Å²) in [6.07, 6.45) is 0.0821. The number of carbonyl (C=O) groups excluding carboxylic acids is 4. The molecule has 0 spiro atoms. The number of ether oxygens (including phenoxy) is 3. The highest BCUT2D eigenvalue weighted by Crippen LogP contribution is 2.37. The first kappa shape index (κ1) is 43.5. The highest BCUT2D eigenvalue weighted by Gasteiger charge is 2.23. The molecule has 0 saturated heterocycles. The summed E-state index contributed by atoms with van der Waals surface area (Å²) in [7, 11) is 0. The minimum absolute atomic E-state index is 0.0102. The van der Waals surface area contributed by atoms with Crippen LogP contribution in [0.4, 0.5) is 5.82 Å². The van der Waals surface area contributed by atoms with Crippen molar-refractivity contribution in [1.82, 2.24) is 20.6 Å². The van der Waals surface area contributed by atoms with Gasteiger partial charge in [0, 0.05) is 35.0 Å². The van der Waals surface area contributed by atoms with Crippen molar-refractivity contribution in [3.63, 3.8) is 0 Å². The number of anilines is 1. The normalized spacial score (nSPS) is 12.3. The van der Waals surface area contributed by atoms with Gasteiger partial charge in [-0.2, -0.15) is 10.5 Å². The molecule has 0 unspecified atom stereocenters. The number of amides is 2. The van der Waals surface area contributed by atoms with Crippen LogP contribution in [0.5, 0.6) is 5.75 Å². The summed E-state index contributed by atoms with van der Waals surface area (Å²) < 4.78 is 22.3. The van der Waals surface area contributed by atoms with Gasteiger partial charge in [0.15, 0.2) is 6.10 Å². The number of benzene rings is 2. The summed E-state index contributed by atoms with van der Waals surface area (Å²) in [6, 6.07) is 16.1. The van der Waals surface area contributed by atoms with E-state index >= 15 is 0 Å². The molecule has 17 nitrogen and oxygen atoms in total. The summed E-state index contributed by atoms with van der Waals surface area (Å²) in [6.45, 7) is 2.34. The highest BCUT2D eigenvalue weighted by atomic mass is 35.5. The number of nitrogens with one attached hydrogen (secondary N) is 2. The number of hydrogen-bond donors (Lipinski definition) is 5. The predicted molar refractivity (Wildman–Crippen MR) is 209 cm³/mol. The molecule has 0 bridgehead atoms. The number of pyridine rings is 1. The Morgan fingerprint density at radius 3 is 2.05 bits per heavy atom. The Kier molecular flexibility index (Phi) is 16.2. The van der Waals surface area contributed by atoms with Gasteiger partial charge in [-0.05, 0) is 55.8 Å². The Bertz CT molecular complexity index is 2130. The van der Waals surface area contributed by atoms with E-state index in [1.54, 1.807) is 48.5 Å². The summed E-state index contributed by atoms with van der Waals surface area (Å²) in [5.74, 6) is -1.33. The number of nitrogens with two attached hydrogens (primary N) is 3. The third-order valence-electron chi connectivity index (χ3n) is 7.81. The van der Waals surface area contributed by atoms with E-state index in [9.17, 15) is 29.7 Å². The van der Waals surface area contributed by atoms with Gasteiger partial charge in [-0.15, -0.1) is 0 Å². The monoisotopic (exact) mass is 817 g/mol. The molecule has 2 heterocycles. The number of nitrogens with zero attached hydrogens (tertiary/aromatic N) is 4. The molecule has 0 aliphatic carbocycles. The second kappa shape index (κ2) is 21.2. The van der Waals surface area contributed by atoms with Crippen LogP contribution >= 0.6 is 23.4 Å². The van der Waals surface area contributed by atoms with Crippen LogP contribution in [0.15, 0.2) is 64.2 Å². The number of carbonyl (C=O) groups is 4. The number of halogens is 1. The fraction of sp³-hybridized carbons (Fsp3) is 0.316. The maximum Gasteiger partial charge on any atom is 0.308 e. The number of nitriles is 2. The van der Waals surface area contributed by atoms with E-state index in [0.717, 1.165) is 5.56 Å². The van der Waals surface area contributed by atoms with Crippen LogP contribution in [0.3, 0.4) is 0 Å². The molecule has 2 aromatic carbocycles. The maximum absolute atomic E-state index is 12.6. The van der Waals surface area contributed by atoms with Crippen molar-refractivity contribution in [1.29, 1.82) is 10.5 Å². The van der Waals surface area contributed by atoms with Crippen molar-refractivity contribution in [2.75, 3.05) is 32.0 Å². The lowest BCUT2D eigenvalue weighted by Gasteiger charge is -2.19. The molecule has 2 amide bonds. The zero-order valence-corrected chi connectivity index (χ0v) is 32.5. The molecule has 8 N–H and O–H groups in total. The van der Waals surface area contributed by atoms with E-state index in [4.69, 9.17) is 47.4 Å². The van der Waals surface area contributed by atoms with E-state index in [0.29, 0.717) is 27.9 Å². The van der Waals surface area contributed by atoms with Gasteiger partial charge < -0.3 is 46.5 Å². The van der Waals surface area contributed by atoms with Gasteiger partial charge in [-0.3, -0.25) is 19.2 Å². The zero-order valence-electron chi connectivity index (χ0n) is 31.0. The van der Waals surface area contributed by atoms with E-state index < -0.39 is 41.9 Å². The fourth-order valence-corrected chi connectivity index (χ4v) is 5.85. The molecule has 19 heteroatoms. The number of rotatable bonds is 19. The van der Waals surface area contributed by atoms with Crippen LogP contribution in [0.2, 0.25) is 5.02 Å². The van der Waals surface area contributed by atoms with Crippen molar-refractivity contribution in [3.05, 3.63) is 76.6 Å².